The molecule has 1 aliphatic heterocycles. The fraction of sp³-hybridized carbons (Fsp3) is 0.692. The molecule has 18 heavy (non-hydrogen) atoms. The molecule has 1 saturated heterocycles. The third-order valence-corrected chi connectivity index (χ3v) is 3.41. The number of hydrogen-bond acceptors (Lipinski definition) is 5. The Kier molecular flexibility index (Phi) is 4.36. The maximum atomic E-state index is 5.45. The molecule has 0 saturated carbocycles. The molecule has 1 unspecified atom stereocenters. The summed E-state index contributed by atoms with van der Waals surface area (Å²) in [7, 11) is 2.09. The summed E-state index contributed by atoms with van der Waals surface area (Å²) >= 11 is 0. The Morgan fingerprint density at radius 3 is 2.89 bits per heavy atom. The summed E-state index contributed by atoms with van der Waals surface area (Å²) in [4.78, 5) is 11.0. The van der Waals surface area contributed by atoms with Crippen molar-refractivity contribution < 1.29 is 4.74 Å². The highest BCUT2D eigenvalue weighted by molar-refractivity contribution is 5.59. The molecule has 1 aromatic heterocycles. The second-order valence-electron chi connectivity index (χ2n) is 4.54. The van der Waals surface area contributed by atoms with Gasteiger partial charge in [0.05, 0.1) is 12.6 Å². The summed E-state index contributed by atoms with van der Waals surface area (Å²) in [6.07, 6.45) is 3.63. The van der Waals surface area contributed by atoms with E-state index in [1.807, 2.05) is 0 Å². The fourth-order valence-corrected chi connectivity index (χ4v) is 2.35. The van der Waals surface area contributed by atoms with Crippen LogP contribution in [0.3, 0.4) is 0 Å². The van der Waals surface area contributed by atoms with Gasteiger partial charge in [-0.15, -0.1) is 0 Å². The first-order valence-electron chi connectivity index (χ1n) is 6.66. The number of hydrogen-bond donors (Lipinski definition) is 1. The smallest absolute Gasteiger partial charge is 0.137 e. The maximum absolute atomic E-state index is 5.45. The summed E-state index contributed by atoms with van der Waals surface area (Å²) in [5.74, 6) is 1.98. The van der Waals surface area contributed by atoms with Crippen LogP contribution in [0.4, 0.5) is 11.6 Å². The van der Waals surface area contributed by atoms with Crippen LogP contribution < -0.4 is 10.2 Å². The molecule has 0 aromatic carbocycles. The maximum Gasteiger partial charge on any atom is 0.137 e. The molecular formula is C13H22N4O. The second-order valence-corrected chi connectivity index (χ2v) is 4.54. The highest BCUT2D eigenvalue weighted by atomic mass is 16.5. The topological polar surface area (TPSA) is 50.3 Å². The summed E-state index contributed by atoms with van der Waals surface area (Å²) in [5, 5.41) is 3.30. The number of rotatable bonds is 5. The van der Waals surface area contributed by atoms with Crippen molar-refractivity contribution in [3.63, 3.8) is 0 Å². The van der Waals surface area contributed by atoms with Crippen molar-refractivity contribution in [2.75, 3.05) is 37.0 Å². The molecule has 0 spiro atoms. The van der Waals surface area contributed by atoms with Crippen LogP contribution in [0, 0.1) is 0 Å². The average molecular weight is 250 g/mol. The lowest BCUT2D eigenvalue weighted by atomic mass is 10.1. The zero-order valence-corrected chi connectivity index (χ0v) is 11.4. The zero-order chi connectivity index (χ0) is 13.0. The first-order valence-corrected chi connectivity index (χ1v) is 6.66. The van der Waals surface area contributed by atoms with Crippen LogP contribution in [0.15, 0.2) is 6.33 Å². The van der Waals surface area contributed by atoms with Crippen LogP contribution in [0.25, 0.3) is 0 Å². The monoisotopic (exact) mass is 250 g/mol. The van der Waals surface area contributed by atoms with Crippen molar-refractivity contribution in [2.45, 2.75) is 32.7 Å². The molecule has 1 aromatic rings. The van der Waals surface area contributed by atoms with Gasteiger partial charge in [0.2, 0.25) is 0 Å². The highest BCUT2D eigenvalue weighted by Gasteiger charge is 2.24. The summed E-state index contributed by atoms with van der Waals surface area (Å²) in [5.41, 5.74) is 1.19. The lowest BCUT2D eigenvalue weighted by molar-refractivity contribution is 0.193. The van der Waals surface area contributed by atoms with Gasteiger partial charge in [-0.3, -0.25) is 0 Å². The molecule has 1 fully saturated rings. The van der Waals surface area contributed by atoms with E-state index in [1.165, 1.54) is 5.56 Å². The Hall–Kier alpha value is -1.36. The predicted octanol–water partition coefficient (Wildman–Crippen LogP) is 1.70. The minimum absolute atomic E-state index is 0.430. The zero-order valence-electron chi connectivity index (χ0n) is 11.4. The third kappa shape index (κ3) is 2.56. The molecule has 1 aliphatic rings. The van der Waals surface area contributed by atoms with E-state index >= 15 is 0 Å². The van der Waals surface area contributed by atoms with Gasteiger partial charge in [0.25, 0.3) is 0 Å². The standard InChI is InChI=1S/C13H22N4O/c1-4-11-12(14-5-2)15-9-16-13(11)17(3)10-6-7-18-8-10/h9-10H,4-8H2,1-3H3,(H,14,15,16). The normalized spacial score (nSPS) is 18.9. The number of anilines is 2. The molecular weight excluding hydrogens is 228 g/mol. The number of nitrogens with one attached hydrogen (secondary N) is 1. The minimum Gasteiger partial charge on any atom is -0.379 e. The van der Waals surface area contributed by atoms with Crippen molar-refractivity contribution in [1.82, 2.24) is 9.97 Å². The Balaban J connectivity index is 2.27. The first-order chi connectivity index (χ1) is 8.77. The quantitative estimate of drug-likeness (QED) is 0.862. The van der Waals surface area contributed by atoms with Crippen LogP contribution in [-0.2, 0) is 11.2 Å². The van der Waals surface area contributed by atoms with Gasteiger partial charge >= 0.3 is 0 Å². The van der Waals surface area contributed by atoms with E-state index in [4.69, 9.17) is 4.74 Å². The number of likely N-dealkylation sites (N-methyl/N-ethyl adjacent to an activating group) is 1. The highest BCUT2D eigenvalue weighted by Crippen LogP contribution is 2.26. The predicted molar refractivity (Wildman–Crippen MR) is 73.2 cm³/mol. The number of nitrogens with zero attached hydrogens (tertiary/aromatic N) is 3. The molecule has 2 heterocycles. The lowest BCUT2D eigenvalue weighted by Crippen LogP contribution is -2.33. The Bertz CT molecular complexity index is 391. The van der Waals surface area contributed by atoms with E-state index in [9.17, 15) is 0 Å². The largest absolute Gasteiger partial charge is 0.379 e. The van der Waals surface area contributed by atoms with Gasteiger partial charge in [0.15, 0.2) is 0 Å². The minimum atomic E-state index is 0.430. The van der Waals surface area contributed by atoms with Crippen LogP contribution in [0.2, 0.25) is 0 Å². The molecule has 0 amide bonds. The molecule has 0 bridgehead atoms. The second kappa shape index (κ2) is 6.00. The molecule has 5 heteroatoms. The molecule has 1 N–H and O–H groups in total. The Morgan fingerprint density at radius 2 is 2.28 bits per heavy atom. The van der Waals surface area contributed by atoms with Crippen LogP contribution in [0.1, 0.15) is 25.8 Å². The van der Waals surface area contributed by atoms with Crippen molar-refractivity contribution in [2.24, 2.45) is 0 Å². The van der Waals surface area contributed by atoms with Gasteiger partial charge in [-0.05, 0) is 19.8 Å². The SMILES string of the molecule is CCNc1ncnc(N(C)C2CCOC2)c1CC. The van der Waals surface area contributed by atoms with Crippen molar-refractivity contribution >= 4 is 11.6 Å². The molecule has 5 nitrogen and oxygen atoms in total. The summed E-state index contributed by atoms with van der Waals surface area (Å²) in [6, 6.07) is 0.430. The molecule has 1 atom stereocenters. The van der Waals surface area contributed by atoms with E-state index in [-0.39, 0.29) is 0 Å². The van der Waals surface area contributed by atoms with Gasteiger partial charge in [-0.2, -0.15) is 0 Å². The van der Waals surface area contributed by atoms with Crippen molar-refractivity contribution in [3.05, 3.63) is 11.9 Å². The van der Waals surface area contributed by atoms with E-state index in [0.717, 1.165) is 44.2 Å². The Morgan fingerprint density at radius 1 is 1.44 bits per heavy atom. The van der Waals surface area contributed by atoms with Crippen molar-refractivity contribution in [1.29, 1.82) is 0 Å². The van der Waals surface area contributed by atoms with Gasteiger partial charge in [0, 0.05) is 25.8 Å². The van der Waals surface area contributed by atoms with E-state index in [0.29, 0.717) is 6.04 Å². The van der Waals surface area contributed by atoms with E-state index in [2.05, 4.69) is 41.1 Å². The lowest BCUT2D eigenvalue weighted by Gasteiger charge is -2.27. The third-order valence-electron chi connectivity index (χ3n) is 3.41. The molecule has 0 aliphatic carbocycles. The van der Waals surface area contributed by atoms with Crippen LogP contribution >= 0.6 is 0 Å². The fourth-order valence-electron chi connectivity index (χ4n) is 2.35. The average Bonchev–Trinajstić information content (AvgIpc) is 2.92. The van der Waals surface area contributed by atoms with Crippen LogP contribution in [0.5, 0.6) is 0 Å². The Labute approximate surface area is 109 Å². The van der Waals surface area contributed by atoms with E-state index in [1.54, 1.807) is 6.33 Å². The summed E-state index contributed by atoms with van der Waals surface area (Å²) < 4.78 is 5.45. The van der Waals surface area contributed by atoms with Gasteiger partial charge in [0.1, 0.15) is 18.0 Å². The number of aromatic nitrogens is 2. The van der Waals surface area contributed by atoms with E-state index < -0.39 is 0 Å². The van der Waals surface area contributed by atoms with Crippen molar-refractivity contribution in [3.8, 4) is 0 Å². The number of ether oxygens (including phenoxy) is 1. The molecule has 100 valence electrons. The molecule has 2 rings (SSSR count). The summed E-state index contributed by atoms with van der Waals surface area (Å²) in [6.45, 7) is 6.74. The van der Waals surface area contributed by atoms with Gasteiger partial charge in [-0.25, -0.2) is 9.97 Å². The molecule has 0 radical (unpaired) electrons. The van der Waals surface area contributed by atoms with Crippen LogP contribution in [-0.4, -0.2) is 42.8 Å². The van der Waals surface area contributed by atoms with Gasteiger partial charge in [-0.1, -0.05) is 6.92 Å². The first kappa shape index (κ1) is 13.1. The van der Waals surface area contributed by atoms with Gasteiger partial charge < -0.3 is 15.0 Å².